The van der Waals surface area contributed by atoms with Crippen LogP contribution in [0.2, 0.25) is 0 Å². The maximum absolute atomic E-state index is 12.4. The molecule has 29 heavy (non-hydrogen) atoms. The van der Waals surface area contributed by atoms with Crippen molar-refractivity contribution in [3.05, 3.63) is 67.7 Å². The fourth-order valence-corrected chi connectivity index (χ4v) is 4.83. The van der Waals surface area contributed by atoms with Gasteiger partial charge in [0.05, 0.1) is 33.1 Å². The molecule has 148 valence electrons. The third-order valence-electron chi connectivity index (χ3n) is 4.59. The van der Waals surface area contributed by atoms with Crippen molar-refractivity contribution in [2.75, 3.05) is 6.54 Å². The van der Waals surface area contributed by atoms with Gasteiger partial charge in [0.25, 0.3) is 5.56 Å². The number of thiazole rings is 1. The van der Waals surface area contributed by atoms with Crippen LogP contribution in [-0.2, 0) is 24.7 Å². The molecule has 3 aromatic heterocycles. The second-order valence-electron chi connectivity index (χ2n) is 6.72. The van der Waals surface area contributed by atoms with Crippen LogP contribution in [0.15, 0.2) is 46.6 Å². The summed E-state index contributed by atoms with van der Waals surface area (Å²) in [6.07, 6.45) is 0.906. The van der Waals surface area contributed by atoms with E-state index in [4.69, 9.17) is 0 Å². The number of carbonyl (C=O) groups excluding carboxylic acids is 1. The number of carbonyl (C=O) groups is 1. The summed E-state index contributed by atoms with van der Waals surface area (Å²) >= 11 is 3.35. The molecule has 0 saturated heterocycles. The summed E-state index contributed by atoms with van der Waals surface area (Å²) in [6.45, 7) is 2.56. The Morgan fingerprint density at radius 1 is 1.17 bits per heavy atom. The van der Waals surface area contributed by atoms with Gasteiger partial charge in [0.1, 0.15) is 0 Å². The normalized spacial score (nSPS) is 11.1. The van der Waals surface area contributed by atoms with E-state index in [0.717, 1.165) is 27.4 Å². The van der Waals surface area contributed by atoms with Crippen molar-refractivity contribution in [3.63, 3.8) is 0 Å². The Hall–Kier alpha value is -2.84. The Kier molecular flexibility index (Phi) is 5.55. The number of amides is 1. The highest BCUT2D eigenvalue weighted by Crippen LogP contribution is 2.29. The first kappa shape index (κ1) is 19.5. The molecule has 0 atom stereocenters. The van der Waals surface area contributed by atoms with Crippen LogP contribution in [0.25, 0.3) is 21.3 Å². The number of fused-ring (bicyclic) bond motifs is 1. The first-order valence-corrected chi connectivity index (χ1v) is 10.9. The van der Waals surface area contributed by atoms with Crippen LogP contribution >= 0.6 is 22.7 Å². The molecule has 0 aliphatic heterocycles. The summed E-state index contributed by atoms with van der Waals surface area (Å²) < 4.78 is 1.29. The molecule has 0 radical (unpaired) electrons. The zero-order valence-electron chi connectivity index (χ0n) is 16.1. The summed E-state index contributed by atoms with van der Waals surface area (Å²) in [4.78, 5) is 31.5. The van der Waals surface area contributed by atoms with Gasteiger partial charge in [-0.05, 0) is 31.5 Å². The van der Waals surface area contributed by atoms with Gasteiger partial charge in [0.2, 0.25) is 5.91 Å². The van der Waals surface area contributed by atoms with Crippen LogP contribution in [-0.4, -0.2) is 27.2 Å². The molecule has 3 heterocycles. The average molecular weight is 425 g/mol. The molecule has 4 rings (SSSR count). The van der Waals surface area contributed by atoms with Gasteiger partial charge in [-0.15, -0.1) is 22.7 Å². The van der Waals surface area contributed by atoms with Crippen LogP contribution < -0.4 is 10.9 Å². The van der Waals surface area contributed by atoms with Crippen molar-refractivity contribution in [2.45, 2.75) is 19.8 Å². The van der Waals surface area contributed by atoms with Crippen LogP contribution in [0.5, 0.6) is 0 Å². The number of thiophene rings is 1. The Balaban J connectivity index is 1.38. The number of hydrogen-bond donors (Lipinski definition) is 1. The summed E-state index contributed by atoms with van der Waals surface area (Å²) in [5.74, 6) is -0.104. The topological polar surface area (TPSA) is 76.9 Å². The molecular weight excluding hydrogens is 404 g/mol. The molecule has 0 bridgehead atoms. The van der Waals surface area contributed by atoms with Gasteiger partial charge in [-0.2, -0.15) is 5.10 Å². The molecule has 0 spiro atoms. The molecule has 6 nitrogen and oxygen atoms in total. The zero-order chi connectivity index (χ0) is 20.4. The number of benzene rings is 1. The molecule has 0 fully saturated rings. The lowest BCUT2D eigenvalue weighted by Gasteiger charge is -2.08. The Bertz CT molecular complexity index is 1240. The molecule has 1 aromatic carbocycles. The average Bonchev–Trinajstić information content (AvgIpc) is 3.35. The van der Waals surface area contributed by atoms with Gasteiger partial charge >= 0.3 is 0 Å². The first-order valence-electron chi connectivity index (χ1n) is 9.24. The molecular formula is C21H20N4O2S2. The number of rotatable bonds is 6. The fraction of sp³-hybridized carbons (Fsp3) is 0.238. The van der Waals surface area contributed by atoms with Crippen LogP contribution in [0.4, 0.5) is 0 Å². The van der Waals surface area contributed by atoms with Crippen LogP contribution in [0.3, 0.4) is 0 Å². The third kappa shape index (κ3) is 4.28. The minimum absolute atomic E-state index is 0.104. The quantitative estimate of drug-likeness (QED) is 0.515. The molecule has 1 N–H and O–H groups in total. The second kappa shape index (κ2) is 8.26. The Morgan fingerprint density at radius 2 is 1.97 bits per heavy atom. The number of aryl methyl sites for hydroxylation is 2. The SMILES string of the molecule is Cc1nc(-c2ccc(CCNC(=O)Cc3nn(C)c(=O)c4ccccc34)s2)cs1. The molecule has 0 unspecified atom stereocenters. The highest BCUT2D eigenvalue weighted by molar-refractivity contribution is 7.16. The Labute approximate surface area is 175 Å². The van der Waals surface area contributed by atoms with Gasteiger partial charge in [-0.3, -0.25) is 9.59 Å². The van der Waals surface area contributed by atoms with E-state index >= 15 is 0 Å². The van der Waals surface area contributed by atoms with E-state index in [0.29, 0.717) is 17.6 Å². The second-order valence-corrected chi connectivity index (χ2v) is 8.95. The lowest BCUT2D eigenvalue weighted by atomic mass is 10.1. The van der Waals surface area contributed by atoms with Gasteiger partial charge in [0, 0.05) is 29.2 Å². The lowest BCUT2D eigenvalue weighted by Crippen LogP contribution is -2.29. The van der Waals surface area contributed by atoms with Crippen molar-refractivity contribution in [1.29, 1.82) is 0 Å². The van der Waals surface area contributed by atoms with E-state index in [9.17, 15) is 9.59 Å². The predicted molar refractivity (Wildman–Crippen MR) is 118 cm³/mol. The molecule has 0 aliphatic rings. The van der Waals surface area contributed by atoms with E-state index in [-0.39, 0.29) is 17.9 Å². The van der Waals surface area contributed by atoms with E-state index in [2.05, 4.69) is 32.9 Å². The van der Waals surface area contributed by atoms with Crippen molar-refractivity contribution in [3.8, 4) is 10.6 Å². The predicted octanol–water partition coefficient (Wildman–Crippen LogP) is 3.33. The van der Waals surface area contributed by atoms with E-state index in [1.165, 1.54) is 9.56 Å². The Morgan fingerprint density at radius 3 is 2.72 bits per heavy atom. The van der Waals surface area contributed by atoms with Crippen molar-refractivity contribution < 1.29 is 4.79 Å². The van der Waals surface area contributed by atoms with Crippen LogP contribution in [0, 0.1) is 6.92 Å². The molecule has 1 amide bonds. The zero-order valence-corrected chi connectivity index (χ0v) is 17.8. The van der Waals surface area contributed by atoms with Crippen molar-refractivity contribution in [2.24, 2.45) is 7.05 Å². The van der Waals surface area contributed by atoms with Gasteiger partial charge in [-0.25, -0.2) is 9.67 Å². The van der Waals surface area contributed by atoms with Crippen molar-refractivity contribution >= 4 is 39.4 Å². The monoisotopic (exact) mass is 424 g/mol. The molecule has 4 aromatic rings. The van der Waals surface area contributed by atoms with E-state index < -0.39 is 0 Å². The maximum Gasteiger partial charge on any atom is 0.274 e. The summed E-state index contributed by atoms with van der Waals surface area (Å²) in [5, 5.41) is 11.7. The van der Waals surface area contributed by atoms with E-state index in [1.807, 2.05) is 25.1 Å². The number of nitrogens with zero attached hydrogens (tertiary/aromatic N) is 3. The summed E-state index contributed by atoms with van der Waals surface area (Å²) in [6, 6.07) is 11.4. The number of aromatic nitrogens is 3. The summed E-state index contributed by atoms with van der Waals surface area (Å²) in [7, 11) is 1.61. The smallest absolute Gasteiger partial charge is 0.274 e. The highest BCUT2D eigenvalue weighted by atomic mass is 32.1. The van der Waals surface area contributed by atoms with E-state index in [1.54, 1.807) is 35.8 Å². The van der Waals surface area contributed by atoms with Crippen LogP contribution in [0.1, 0.15) is 15.6 Å². The largest absolute Gasteiger partial charge is 0.355 e. The van der Waals surface area contributed by atoms with Gasteiger partial charge in [0.15, 0.2) is 0 Å². The minimum Gasteiger partial charge on any atom is -0.355 e. The van der Waals surface area contributed by atoms with Gasteiger partial charge in [-0.1, -0.05) is 18.2 Å². The fourth-order valence-electron chi connectivity index (χ4n) is 3.17. The molecule has 0 aliphatic carbocycles. The maximum atomic E-state index is 12.4. The number of hydrogen-bond acceptors (Lipinski definition) is 6. The van der Waals surface area contributed by atoms with Gasteiger partial charge < -0.3 is 5.32 Å². The number of nitrogens with one attached hydrogen (secondary N) is 1. The third-order valence-corrected chi connectivity index (χ3v) is 6.53. The molecule has 0 saturated carbocycles. The first-order chi connectivity index (χ1) is 14.0. The highest BCUT2D eigenvalue weighted by Gasteiger charge is 2.12. The lowest BCUT2D eigenvalue weighted by molar-refractivity contribution is -0.120. The summed E-state index contributed by atoms with van der Waals surface area (Å²) in [5.41, 5.74) is 1.46. The standard InChI is InChI=1S/C21H20N4O2S2/c1-13-23-18(12-28-13)19-8-7-14(29-19)9-10-22-20(26)11-17-15-5-3-4-6-16(15)21(27)25(2)24-17/h3-8,12H,9-11H2,1-2H3,(H,22,26). The van der Waals surface area contributed by atoms with Crippen molar-refractivity contribution in [1.82, 2.24) is 20.1 Å². The minimum atomic E-state index is -0.159. The molecule has 8 heteroatoms.